The van der Waals surface area contributed by atoms with Crippen molar-refractivity contribution in [3.8, 4) is 0 Å². The third-order valence-electron chi connectivity index (χ3n) is 9.77. The largest absolute Gasteiger partial charge is 0.460 e. The molecule has 0 spiro atoms. The number of anilines is 2. The van der Waals surface area contributed by atoms with Crippen LogP contribution in [0.15, 0.2) is 140 Å². The fourth-order valence-electron chi connectivity index (χ4n) is 6.63. The molecule has 5 rings (SSSR count). The van der Waals surface area contributed by atoms with E-state index in [9.17, 15) is 18.0 Å². The Morgan fingerprint density at radius 1 is 0.394 bits per heavy atom. The highest BCUT2D eigenvalue weighted by Gasteiger charge is 2.37. The van der Waals surface area contributed by atoms with Crippen molar-refractivity contribution < 1.29 is 65.3 Å². The third-order valence-corrected chi connectivity index (χ3v) is 9.77. The Kier molecular flexibility index (Phi) is 23.7. The summed E-state index contributed by atoms with van der Waals surface area (Å²) in [5.41, 5.74) is 2.28. The lowest BCUT2D eigenvalue weighted by Crippen LogP contribution is -2.34. The molecule has 0 aliphatic rings. The predicted octanol–water partition coefficient (Wildman–Crippen LogP) is 8.75. The summed E-state index contributed by atoms with van der Waals surface area (Å²) in [5.74, 6) is -0.631. The summed E-state index contributed by atoms with van der Waals surface area (Å²) in [5, 5.41) is 2.86. The Bertz CT molecular complexity index is 1950. The number of nitrogens with one attached hydrogen (secondary N) is 1. The quantitative estimate of drug-likeness (QED) is 0.0241. The summed E-state index contributed by atoms with van der Waals surface area (Å²) in [6.07, 6.45) is -4.48. The maximum atomic E-state index is 13.1. The minimum atomic E-state index is -4.48. The zero-order valence-electron chi connectivity index (χ0n) is 37.1. The van der Waals surface area contributed by atoms with E-state index in [2.05, 4.69) is 41.7 Å². The molecule has 0 amide bonds. The van der Waals surface area contributed by atoms with Gasteiger partial charge < -0.3 is 52.7 Å². The van der Waals surface area contributed by atoms with Crippen LogP contribution in [-0.2, 0) is 59.1 Å². The van der Waals surface area contributed by atoms with Gasteiger partial charge in [-0.05, 0) is 47.0 Å². The van der Waals surface area contributed by atoms with Gasteiger partial charge in [-0.1, -0.05) is 109 Å². The van der Waals surface area contributed by atoms with Gasteiger partial charge in [0.2, 0.25) is 0 Å². The first kappa shape index (κ1) is 51.8. The number of alkyl halides is 3. The molecule has 0 unspecified atom stereocenters. The van der Waals surface area contributed by atoms with Crippen LogP contribution >= 0.6 is 0 Å². The molecule has 0 radical (unpaired) electrons. The Labute approximate surface area is 385 Å². The number of carbonyl (C=O) groups is 1. The zero-order chi connectivity index (χ0) is 46.4. The highest BCUT2D eigenvalue weighted by Crippen LogP contribution is 2.40. The molecular weight excluding hydrogens is 860 g/mol. The van der Waals surface area contributed by atoms with Crippen molar-refractivity contribution in [2.24, 2.45) is 0 Å². The number of hydrogen-bond acceptors (Lipinski definition) is 12. The smallest absolute Gasteiger partial charge is 0.416 e. The predicted molar refractivity (Wildman–Crippen MR) is 243 cm³/mol. The molecule has 0 heterocycles. The molecule has 356 valence electrons. The number of halogens is 3. The van der Waals surface area contributed by atoms with Gasteiger partial charge in [-0.3, -0.25) is 0 Å². The Morgan fingerprint density at radius 3 is 1.15 bits per heavy atom. The lowest BCUT2D eigenvalue weighted by atomic mass is 9.80. The minimum absolute atomic E-state index is 0.00639. The molecule has 66 heavy (non-hydrogen) atoms. The first-order valence-corrected chi connectivity index (χ1v) is 22.0. The number of ether oxygens (including phenoxy) is 10. The van der Waals surface area contributed by atoms with Gasteiger partial charge in [-0.15, -0.1) is 0 Å². The van der Waals surface area contributed by atoms with Crippen LogP contribution in [0.5, 0.6) is 0 Å². The van der Waals surface area contributed by atoms with Crippen molar-refractivity contribution in [2.45, 2.75) is 11.8 Å². The van der Waals surface area contributed by atoms with Crippen LogP contribution in [0.25, 0.3) is 0 Å². The lowest BCUT2D eigenvalue weighted by molar-refractivity contribution is -0.137. The molecule has 0 aliphatic carbocycles. The molecule has 0 aliphatic heterocycles. The van der Waals surface area contributed by atoms with Crippen molar-refractivity contribution in [3.05, 3.63) is 167 Å². The van der Waals surface area contributed by atoms with Crippen molar-refractivity contribution in [1.82, 2.24) is 0 Å². The van der Waals surface area contributed by atoms with Gasteiger partial charge >= 0.3 is 12.1 Å². The van der Waals surface area contributed by atoms with Gasteiger partial charge in [-0.2, -0.15) is 13.2 Å². The van der Waals surface area contributed by atoms with E-state index in [4.69, 9.17) is 47.4 Å². The van der Waals surface area contributed by atoms with E-state index < -0.39 is 23.3 Å². The Morgan fingerprint density at radius 2 is 0.742 bits per heavy atom. The van der Waals surface area contributed by atoms with E-state index in [-0.39, 0.29) is 24.5 Å². The highest BCUT2D eigenvalue weighted by molar-refractivity contribution is 5.96. The standard InChI is InChI=1S/C51H60F3NO11/c52-51(53,54)45-19-12-20-46(41-45)55-48-22-11-10-21-47(48)49(56)65-39-37-63-35-33-61-31-29-59-27-25-57-23-24-58-26-28-60-30-32-62-34-36-64-38-40-66-50(42-13-4-1-5-14-42,43-15-6-2-7-16-43)44-17-8-3-9-18-44/h1-22,41,55H,23-40H2. The maximum Gasteiger partial charge on any atom is 0.416 e. The minimum Gasteiger partial charge on any atom is -0.460 e. The van der Waals surface area contributed by atoms with Crippen molar-refractivity contribution in [3.63, 3.8) is 0 Å². The Hall–Kier alpha value is -5.20. The van der Waals surface area contributed by atoms with Gasteiger partial charge in [0.05, 0.1) is 129 Å². The molecule has 5 aromatic rings. The summed E-state index contributed by atoms with van der Waals surface area (Å²) < 4.78 is 95.9. The van der Waals surface area contributed by atoms with Gasteiger partial charge in [0.1, 0.15) is 12.2 Å². The SMILES string of the molecule is O=C(OCCOCCOCCOCCOCCOCCOCCOCCOCCOC(c1ccccc1)(c1ccccc1)c1ccccc1)c1ccccc1Nc1cccc(C(F)(F)F)c1. The van der Waals surface area contributed by atoms with Crippen LogP contribution in [0.3, 0.4) is 0 Å². The second-order valence-electron chi connectivity index (χ2n) is 14.4. The van der Waals surface area contributed by atoms with Crippen molar-refractivity contribution >= 4 is 17.3 Å². The maximum absolute atomic E-state index is 13.1. The van der Waals surface area contributed by atoms with Crippen LogP contribution in [0.4, 0.5) is 24.5 Å². The topological polar surface area (TPSA) is 121 Å². The Balaban J connectivity index is 0.771. The van der Waals surface area contributed by atoms with Crippen LogP contribution in [0.1, 0.15) is 32.6 Å². The van der Waals surface area contributed by atoms with Gasteiger partial charge in [0.15, 0.2) is 0 Å². The van der Waals surface area contributed by atoms with Gasteiger partial charge in [0, 0.05) is 5.69 Å². The molecule has 0 aromatic heterocycles. The van der Waals surface area contributed by atoms with E-state index in [1.165, 1.54) is 18.2 Å². The lowest BCUT2D eigenvalue weighted by Gasteiger charge is -2.36. The van der Waals surface area contributed by atoms with Gasteiger partial charge in [-0.25, -0.2) is 4.79 Å². The van der Waals surface area contributed by atoms with E-state index >= 15 is 0 Å². The van der Waals surface area contributed by atoms with Crippen LogP contribution in [0, 0.1) is 0 Å². The number of carbonyl (C=O) groups excluding carboxylic acids is 1. The summed E-state index contributed by atoms with van der Waals surface area (Å²) in [6.45, 7) is 6.81. The summed E-state index contributed by atoms with van der Waals surface area (Å²) in [4.78, 5) is 12.6. The van der Waals surface area contributed by atoms with Gasteiger partial charge in [0.25, 0.3) is 0 Å². The molecule has 12 nitrogen and oxygen atoms in total. The average Bonchev–Trinajstić information content (AvgIpc) is 3.34. The van der Waals surface area contributed by atoms with E-state index in [1.807, 2.05) is 54.6 Å². The second kappa shape index (κ2) is 30.2. The summed E-state index contributed by atoms with van der Waals surface area (Å²) in [6, 6.07) is 41.9. The summed E-state index contributed by atoms with van der Waals surface area (Å²) >= 11 is 0. The number of benzene rings is 5. The van der Waals surface area contributed by atoms with Crippen LogP contribution < -0.4 is 5.32 Å². The fraction of sp³-hybridized carbons (Fsp3) is 0.392. The molecule has 15 heteroatoms. The van der Waals surface area contributed by atoms with Crippen molar-refractivity contribution in [2.75, 3.05) is 124 Å². The first-order chi connectivity index (χ1) is 32.4. The fourth-order valence-corrected chi connectivity index (χ4v) is 6.63. The van der Waals surface area contributed by atoms with E-state index in [1.54, 1.807) is 18.2 Å². The molecule has 1 N–H and O–H groups in total. The van der Waals surface area contributed by atoms with Crippen LogP contribution in [0.2, 0.25) is 0 Å². The van der Waals surface area contributed by atoms with Crippen LogP contribution in [-0.4, -0.2) is 125 Å². The third kappa shape index (κ3) is 18.2. The number of hydrogen-bond donors (Lipinski definition) is 1. The number of rotatable bonds is 34. The normalized spacial score (nSPS) is 11.7. The van der Waals surface area contributed by atoms with E-state index in [0.29, 0.717) is 111 Å². The molecule has 0 bridgehead atoms. The first-order valence-electron chi connectivity index (χ1n) is 22.0. The van der Waals surface area contributed by atoms with E-state index in [0.717, 1.165) is 28.8 Å². The molecule has 0 atom stereocenters. The zero-order valence-corrected chi connectivity index (χ0v) is 37.1. The molecule has 0 saturated carbocycles. The molecule has 0 fully saturated rings. The average molecular weight is 920 g/mol. The molecule has 5 aromatic carbocycles. The highest BCUT2D eigenvalue weighted by atomic mass is 19.4. The monoisotopic (exact) mass is 919 g/mol. The second-order valence-corrected chi connectivity index (χ2v) is 14.4. The molecule has 0 saturated heterocycles. The number of esters is 1. The van der Waals surface area contributed by atoms with Crippen molar-refractivity contribution in [1.29, 1.82) is 0 Å². The number of para-hydroxylation sites is 1. The summed E-state index contributed by atoms with van der Waals surface area (Å²) in [7, 11) is 0. The molecular formula is C51H60F3NO11.